The maximum absolute atomic E-state index is 13.9. The molecule has 2 aromatic carbocycles. The summed E-state index contributed by atoms with van der Waals surface area (Å²) in [4.78, 5) is 4.01. The summed E-state index contributed by atoms with van der Waals surface area (Å²) in [6.07, 6.45) is 0. The molecule has 3 rings (SSSR count). The fraction of sp³-hybridized carbons (Fsp3) is 0.360. The van der Waals surface area contributed by atoms with Crippen LogP contribution in [-0.4, -0.2) is 29.7 Å². The molecule has 0 bridgehead atoms. The third-order valence-corrected chi connectivity index (χ3v) is 6.54. The van der Waals surface area contributed by atoms with Crippen LogP contribution in [0, 0.1) is 23.5 Å². The first-order valence-electron chi connectivity index (χ1n) is 10.2. The number of aliphatic hydroxyl groups is 1. The molecule has 160 valence electrons. The van der Waals surface area contributed by atoms with E-state index in [9.17, 15) is 13.9 Å². The molecule has 1 N–H and O–H groups in total. The lowest BCUT2D eigenvalue weighted by Crippen LogP contribution is -2.42. The van der Waals surface area contributed by atoms with Crippen molar-refractivity contribution in [3.63, 3.8) is 0 Å². The molecule has 1 atom stereocenters. The number of hydrogen-bond acceptors (Lipinski definition) is 3. The smallest absolute Gasteiger partial charge is 0.124 e. The van der Waals surface area contributed by atoms with Crippen molar-refractivity contribution < 1.29 is 13.9 Å². The molecule has 0 radical (unpaired) electrons. The zero-order chi connectivity index (χ0) is 22.0. The molecule has 0 saturated heterocycles. The zero-order valence-corrected chi connectivity index (χ0v) is 18.9. The number of likely N-dealkylation sites (N-methyl/N-ethyl adjacent to an activating group) is 1. The van der Waals surface area contributed by atoms with Gasteiger partial charge in [-0.2, -0.15) is 0 Å². The van der Waals surface area contributed by atoms with E-state index in [0.717, 1.165) is 32.2 Å². The zero-order valence-electron chi connectivity index (χ0n) is 18.1. The summed E-state index contributed by atoms with van der Waals surface area (Å²) in [5, 5.41) is 10.4. The number of thioether (sulfide) groups is 1. The molecule has 1 heterocycles. The van der Waals surface area contributed by atoms with Gasteiger partial charge in [0.05, 0.1) is 12.6 Å². The lowest BCUT2D eigenvalue weighted by Gasteiger charge is -2.44. The third-order valence-electron chi connectivity index (χ3n) is 5.43. The summed E-state index contributed by atoms with van der Waals surface area (Å²) in [6, 6.07) is 13.0. The summed E-state index contributed by atoms with van der Waals surface area (Å²) >= 11 is 1.49. The molecule has 0 spiro atoms. The second kappa shape index (κ2) is 9.36. The summed E-state index contributed by atoms with van der Waals surface area (Å²) in [7, 11) is 2.06. The summed E-state index contributed by atoms with van der Waals surface area (Å²) in [6.45, 7) is 8.46. The highest BCUT2D eigenvalue weighted by Gasteiger charge is 2.36. The molecule has 0 fully saturated rings. The fourth-order valence-electron chi connectivity index (χ4n) is 4.34. The Morgan fingerprint density at radius 2 is 1.67 bits per heavy atom. The Bertz CT molecular complexity index is 963. The van der Waals surface area contributed by atoms with Gasteiger partial charge in [0.1, 0.15) is 11.6 Å². The Labute approximate surface area is 182 Å². The van der Waals surface area contributed by atoms with E-state index in [0.29, 0.717) is 0 Å². The van der Waals surface area contributed by atoms with Crippen molar-refractivity contribution in [2.24, 2.45) is 11.8 Å². The predicted octanol–water partition coefficient (Wildman–Crippen LogP) is 6.34. The minimum absolute atomic E-state index is 0.0179. The van der Waals surface area contributed by atoms with Crippen LogP contribution in [0.25, 0.3) is 5.57 Å². The van der Waals surface area contributed by atoms with Gasteiger partial charge in [-0.1, -0.05) is 57.7 Å². The van der Waals surface area contributed by atoms with E-state index < -0.39 is 0 Å². The lowest BCUT2D eigenvalue weighted by atomic mass is 9.83. The fourth-order valence-corrected chi connectivity index (χ4v) is 5.73. The van der Waals surface area contributed by atoms with Gasteiger partial charge >= 0.3 is 0 Å². The van der Waals surface area contributed by atoms with Gasteiger partial charge in [0, 0.05) is 28.1 Å². The number of halogens is 2. The minimum Gasteiger partial charge on any atom is -0.392 e. The topological polar surface area (TPSA) is 23.5 Å². The van der Waals surface area contributed by atoms with E-state index in [1.807, 2.05) is 6.07 Å². The molecule has 2 aromatic rings. The van der Waals surface area contributed by atoms with E-state index in [2.05, 4.69) is 39.6 Å². The van der Waals surface area contributed by atoms with Gasteiger partial charge in [-0.15, -0.1) is 0 Å². The van der Waals surface area contributed by atoms with Crippen LogP contribution in [0.4, 0.5) is 8.78 Å². The number of rotatable bonds is 6. The molecule has 1 aliphatic rings. The van der Waals surface area contributed by atoms with Crippen molar-refractivity contribution in [1.82, 2.24) is 4.90 Å². The molecule has 0 saturated carbocycles. The van der Waals surface area contributed by atoms with Crippen molar-refractivity contribution in [3.05, 3.63) is 81.9 Å². The first kappa shape index (κ1) is 22.6. The van der Waals surface area contributed by atoms with E-state index in [1.54, 1.807) is 18.2 Å². The van der Waals surface area contributed by atoms with E-state index in [4.69, 9.17) is 0 Å². The van der Waals surface area contributed by atoms with Crippen molar-refractivity contribution in [1.29, 1.82) is 0 Å². The average molecular weight is 430 g/mol. The Morgan fingerprint density at radius 1 is 1.00 bits per heavy atom. The molecular weight excluding hydrogens is 400 g/mol. The summed E-state index contributed by atoms with van der Waals surface area (Å²) in [5.41, 5.74) is 3.82. The van der Waals surface area contributed by atoms with Gasteiger partial charge in [0.15, 0.2) is 0 Å². The molecule has 0 aliphatic carbocycles. The van der Waals surface area contributed by atoms with Crippen molar-refractivity contribution in [3.8, 4) is 0 Å². The second-order valence-corrected chi connectivity index (χ2v) is 9.38. The Hall–Kier alpha value is -2.11. The van der Waals surface area contributed by atoms with Crippen molar-refractivity contribution in [2.45, 2.75) is 38.6 Å². The Morgan fingerprint density at radius 3 is 2.20 bits per heavy atom. The highest BCUT2D eigenvalue weighted by molar-refractivity contribution is 8.03. The molecule has 1 aliphatic heterocycles. The summed E-state index contributed by atoms with van der Waals surface area (Å²) in [5.74, 6) is -0.110. The molecular formula is C25H29F2NOS. The van der Waals surface area contributed by atoms with Crippen LogP contribution in [0.15, 0.2) is 69.6 Å². The number of hydrogen-bond donors (Lipinski definition) is 1. The average Bonchev–Trinajstić information content (AvgIpc) is 2.67. The molecule has 30 heavy (non-hydrogen) atoms. The van der Waals surface area contributed by atoms with Crippen LogP contribution in [0.1, 0.15) is 33.3 Å². The molecule has 1 unspecified atom stereocenters. The molecule has 5 heteroatoms. The van der Waals surface area contributed by atoms with Gasteiger partial charge < -0.3 is 10.0 Å². The number of nitrogens with zero attached hydrogens (tertiary/aromatic N) is 1. The van der Waals surface area contributed by atoms with Gasteiger partial charge in [0.25, 0.3) is 0 Å². The number of allylic oxidation sites excluding steroid dienone is 2. The van der Waals surface area contributed by atoms with Gasteiger partial charge in [0.2, 0.25) is 0 Å². The van der Waals surface area contributed by atoms with Crippen molar-refractivity contribution >= 4 is 17.3 Å². The number of benzene rings is 2. The Balaban J connectivity index is 2.29. The maximum Gasteiger partial charge on any atom is 0.124 e. The van der Waals surface area contributed by atoms with Crippen LogP contribution in [0.3, 0.4) is 0 Å². The lowest BCUT2D eigenvalue weighted by molar-refractivity contribution is 0.220. The quantitative estimate of drug-likeness (QED) is 0.579. The van der Waals surface area contributed by atoms with Crippen LogP contribution in [0.2, 0.25) is 0 Å². The second-order valence-electron chi connectivity index (χ2n) is 8.29. The predicted molar refractivity (Wildman–Crippen MR) is 121 cm³/mol. The monoisotopic (exact) mass is 429 g/mol. The van der Waals surface area contributed by atoms with Crippen molar-refractivity contribution in [2.75, 3.05) is 13.7 Å². The molecule has 0 aromatic heterocycles. The highest BCUT2D eigenvalue weighted by atomic mass is 32.2. The first-order chi connectivity index (χ1) is 14.2. The highest BCUT2D eigenvalue weighted by Crippen LogP contribution is 2.48. The van der Waals surface area contributed by atoms with Crippen LogP contribution in [0.5, 0.6) is 0 Å². The van der Waals surface area contributed by atoms with E-state index in [-0.39, 0.29) is 36.1 Å². The van der Waals surface area contributed by atoms with Gasteiger partial charge in [-0.05, 0) is 53.3 Å². The molecule has 2 nitrogen and oxygen atoms in total. The summed E-state index contributed by atoms with van der Waals surface area (Å²) < 4.78 is 27.6. The first-order valence-corrected chi connectivity index (χ1v) is 11.1. The number of aliphatic hydroxyl groups excluding tert-OH is 1. The normalized spacial score (nSPS) is 17.5. The standard InChI is InChI=1S/C25H29F2NOS/c1-15(2)23-21(14-29)22(17-9-11-18(26)12-10-17)25(24(16(3)4)28(23)5)30-20-8-6-7-19(27)13-20/h6-13,15-16,23,29H,14H2,1-5H3. The Kier molecular flexibility index (Phi) is 7.04. The van der Waals surface area contributed by atoms with Crippen LogP contribution in [-0.2, 0) is 0 Å². The van der Waals surface area contributed by atoms with Crippen LogP contribution < -0.4 is 0 Å². The molecule has 0 amide bonds. The van der Waals surface area contributed by atoms with E-state index in [1.165, 1.54) is 36.0 Å². The van der Waals surface area contributed by atoms with E-state index >= 15 is 0 Å². The van der Waals surface area contributed by atoms with Gasteiger partial charge in [-0.3, -0.25) is 0 Å². The third kappa shape index (κ3) is 4.47. The van der Waals surface area contributed by atoms with Crippen LogP contribution >= 0.6 is 11.8 Å². The minimum atomic E-state index is -0.300. The maximum atomic E-state index is 13.9. The SMILES string of the molecule is CC(C)C1=C(Sc2cccc(F)c2)C(c2ccc(F)cc2)=C(CO)C(C(C)C)N1C. The van der Waals surface area contributed by atoms with Gasteiger partial charge in [-0.25, -0.2) is 8.78 Å². The largest absolute Gasteiger partial charge is 0.392 e.